The summed E-state index contributed by atoms with van der Waals surface area (Å²) >= 11 is 4.82. The molecule has 0 aliphatic carbocycles. The van der Waals surface area contributed by atoms with Crippen LogP contribution in [-0.4, -0.2) is 20.8 Å². The monoisotopic (exact) mass is 357 g/mol. The molecule has 0 bridgehead atoms. The van der Waals surface area contributed by atoms with Gasteiger partial charge in [0, 0.05) is 12.7 Å². The summed E-state index contributed by atoms with van der Waals surface area (Å²) in [7, 11) is 1.66. The second kappa shape index (κ2) is 6.48. The fourth-order valence-corrected chi connectivity index (χ4v) is 2.05. The van der Waals surface area contributed by atoms with Gasteiger partial charge in [-0.2, -0.15) is 18.3 Å². The summed E-state index contributed by atoms with van der Waals surface area (Å²) in [5, 5.41) is 4.58. The molecule has 0 saturated carbocycles. The van der Waals surface area contributed by atoms with E-state index in [2.05, 4.69) is 10.5 Å². The van der Waals surface area contributed by atoms with Gasteiger partial charge in [-0.15, -0.1) is 0 Å². The van der Waals surface area contributed by atoms with E-state index < -0.39 is 17.6 Å². The molecular weight excluding hydrogens is 343 g/mol. The number of hydrogen-bond donors (Lipinski definition) is 2. The number of aryl methyl sites for hydroxylation is 2. The molecule has 1 heterocycles. The average Bonchev–Trinajstić information content (AvgIpc) is 2.83. The fraction of sp³-hybridized carbons (Fsp3) is 0.214. The number of carbonyl (C=O) groups is 1. The lowest BCUT2D eigenvalue weighted by atomic mass is 10.2. The first-order valence-electron chi connectivity index (χ1n) is 6.68. The predicted octanol–water partition coefficient (Wildman–Crippen LogP) is 2.14. The maximum atomic E-state index is 12.8. The SMILES string of the molecule is Cc1cc(C(=O)NN(C(N)=S)c2cccc(C(F)(F)F)c2)nn1C. The van der Waals surface area contributed by atoms with Crippen LogP contribution in [0.25, 0.3) is 0 Å². The molecule has 2 aromatic rings. The van der Waals surface area contributed by atoms with Gasteiger partial charge in [0.2, 0.25) is 0 Å². The summed E-state index contributed by atoms with van der Waals surface area (Å²) in [5.41, 5.74) is 7.80. The van der Waals surface area contributed by atoms with Gasteiger partial charge in [-0.1, -0.05) is 6.07 Å². The minimum absolute atomic E-state index is 0.0154. The molecule has 10 heteroatoms. The van der Waals surface area contributed by atoms with Crippen LogP contribution in [0.5, 0.6) is 0 Å². The Morgan fingerprint density at radius 3 is 2.54 bits per heavy atom. The van der Waals surface area contributed by atoms with E-state index in [9.17, 15) is 18.0 Å². The van der Waals surface area contributed by atoms with E-state index in [1.54, 1.807) is 14.0 Å². The number of amides is 1. The molecule has 1 aromatic heterocycles. The van der Waals surface area contributed by atoms with Gasteiger partial charge >= 0.3 is 6.18 Å². The lowest BCUT2D eigenvalue weighted by Gasteiger charge is -2.23. The molecule has 0 atom stereocenters. The minimum Gasteiger partial charge on any atom is -0.374 e. The van der Waals surface area contributed by atoms with E-state index in [4.69, 9.17) is 18.0 Å². The second-order valence-electron chi connectivity index (χ2n) is 4.96. The smallest absolute Gasteiger partial charge is 0.374 e. The Morgan fingerprint density at radius 2 is 2.04 bits per heavy atom. The van der Waals surface area contributed by atoms with Gasteiger partial charge in [-0.25, -0.2) is 5.01 Å². The number of rotatable bonds is 2. The van der Waals surface area contributed by atoms with E-state index in [0.717, 1.165) is 22.8 Å². The minimum atomic E-state index is -4.53. The second-order valence-corrected chi connectivity index (χ2v) is 5.38. The number of benzene rings is 1. The number of nitrogens with one attached hydrogen (secondary N) is 1. The Hall–Kier alpha value is -2.62. The number of hydrogen-bond acceptors (Lipinski definition) is 3. The molecule has 128 valence electrons. The first-order valence-corrected chi connectivity index (χ1v) is 7.09. The van der Waals surface area contributed by atoms with E-state index in [1.165, 1.54) is 22.9 Å². The van der Waals surface area contributed by atoms with E-state index in [0.29, 0.717) is 0 Å². The molecule has 6 nitrogen and oxygen atoms in total. The number of nitrogens with zero attached hydrogens (tertiary/aromatic N) is 3. The fourth-order valence-electron chi connectivity index (χ4n) is 1.90. The van der Waals surface area contributed by atoms with Gasteiger partial charge in [0.25, 0.3) is 5.91 Å². The van der Waals surface area contributed by atoms with Gasteiger partial charge < -0.3 is 5.73 Å². The molecule has 1 amide bonds. The zero-order chi connectivity index (χ0) is 18.1. The third kappa shape index (κ3) is 3.82. The van der Waals surface area contributed by atoms with Crippen molar-refractivity contribution in [2.75, 3.05) is 5.01 Å². The largest absolute Gasteiger partial charge is 0.416 e. The van der Waals surface area contributed by atoms with E-state index in [-0.39, 0.29) is 16.5 Å². The van der Waals surface area contributed by atoms with Crippen molar-refractivity contribution in [1.29, 1.82) is 0 Å². The highest BCUT2D eigenvalue weighted by Gasteiger charge is 2.31. The zero-order valence-corrected chi connectivity index (χ0v) is 13.6. The van der Waals surface area contributed by atoms with Crippen LogP contribution in [0.3, 0.4) is 0 Å². The van der Waals surface area contributed by atoms with Crippen molar-refractivity contribution in [1.82, 2.24) is 15.2 Å². The maximum Gasteiger partial charge on any atom is 0.416 e. The number of carbonyl (C=O) groups excluding carboxylic acids is 1. The molecule has 0 spiro atoms. The molecule has 0 unspecified atom stereocenters. The van der Waals surface area contributed by atoms with Crippen LogP contribution in [0.15, 0.2) is 30.3 Å². The number of halogens is 3. The standard InChI is InChI=1S/C14H14F3N5OS/c1-8-6-11(19-21(8)2)12(23)20-22(13(18)24)10-5-3-4-9(7-10)14(15,16)17/h3-7H,1-2H3,(H2,18,24)(H,20,23). The molecule has 0 aliphatic rings. The van der Waals surface area contributed by atoms with Gasteiger partial charge in [-0.3, -0.25) is 14.9 Å². The molecule has 2 rings (SSSR count). The van der Waals surface area contributed by atoms with Crippen LogP contribution in [-0.2, 0) is 13.2 Å². The highest BCUT2D eigenvalue weighted by molar-refractivity contribution is 7.80. The topological polar surface area (TPSA) is 76.2 Å². The average molecular weight is 357 g/mol. The molecule has 1 aromatic carbocycles. The maximum absolute atomic E-state index is 12.8. The van der Waals surface area contributed by atoms with Gasteiger partial charge in [0.05, 0.1) is 11.3 Å². The number of aromatic nitrogens is 2. The quantitative estimate of drug-likeness (QED) is 0.636. The number of hydrazine groups is 1. The van der Waals surface area contributed by atoms with Crippen molar-refractivity contribution in [3.05, 3.63) is 47.3 Å². The van der Waals surface area contributed by atoms with Crippen LogP contribution in [0.4, 0.5) is 18.9 Å². The van der Waals surface area contributed by atoms with E-state index in [1.807, 2.05) is 0 Å². The van der Waals surface area contributed by atoms with Crippen molar-refractivity contribution >= 4 is 28.9 Å². The Kier molecular flexibility index (Phi) is 4.78. The summed E-state index contributed by atoms with van der Waals surface area (Å²) in [6, 6.07) is 5.81. The van der Waals surface area contributed by atoms with Crippen molar-refractivity contribution in [3.8, 4) is 0 Å². The predicted molar refractivity (Wildman–Crippen MR) is 86.1 cm³/mol. The Bertz CT molecular complexity index is 767. The third-order valence-electron chi connectivity index (χ3n) is 3.21. The summed E-state index contributed by atoms with van der Waals surface area (Å²) < 4.78 is 40.0. The molecular formula is C14H14F3N5OS. The molecule has 0 aliphatic heterocycles. The van der Waals surface area contributed by atoms with Crippen LogP contribution >= 0.6 is 12.2 Å². The summed E-state index contributed by atoms with van der Waals surface area (Å²) in [6.45, 7) is 1.75. The summed E-state index contributed by atoms with van der Waals surface area (Å²) in [5.74, 6) is -0.649. The molecule has 3 N–H and O–H groups in total. The van der Waals surface area contributed by atoms with Crippen LogP contribution in [0, 0.1) is 6.92 Å². The Balaban J connectivity index is 2.30. The lowest BCUT2D eigenvalue weighted by molar-refractivity contribution is -0.137. The highest BCUT2D eigenvalue weighted by atomic mass is 32.1. The highest BCUT2D eigenvalue weighted by Crippen LogP contribution is 2.31. The van der Waals surface area contributed by atoms with Crippen molar-refractivity contribution in [2.24, 2.45) is 12.8 Å². The lowest BCUT2D eigenvalue weighted by Crippen LogP contribution is -2.49. The third-order valence-corrected chi connectivity index (χ3v) is 3.39. The van der Waals surface area contributed by atoms with Crippen LogP contribution in [0.1, 0.15) is 21.7 Å². The van der Waals surface area contributed by atoms with Gasteiger partial charge in [0.1, 0.15) is 0 Å². The Morgan fingerprint density at radius 1 is 1.38 bits per heavy atom. The van der Waals surface area contributed by atoms with Crippen LogP contribution < -0.4 is 16.2 Å². The number of anilines is 1. The summed E-state index contributed by atoms with van der Waals surface area (Å²) in [4.78, 5) is 12.2. The zero-order valence-electron chi connectivity index (χ0n) is 12.8. The van der Waals surface area contributed by atoms with Crippen molar-refractivity contribution in [3.63, 3.8) is 0 Å². The number of thiocarbonyl (C=S) groups is 1. The molecule has 0 radical (unpaired) electrons. The van der Waals surface area contributed by atoms with Gasteiger partial charge in [-0.05, 0) is 43.4 Å². The normalized spacial score (nSPS) is 11.2. The molecule has 0 fully saturated rings. The van der Waals surface area contributed by atoms with Crippen molar-refractivity contribution in [2.45, 2.75) is 13.1 Å². The van der Waals surface area contributed by atoms with Gasteiger partial charge in [0.15, 0.2) is 10.8 Å². The Labute approximate surface area is 141 Å². The molecule has 0 saturated heterocycles. The first kappa shape index (κ1) is 17.7. The molecule has 24 heavy (non-hydrogen) atoms. The summed E-state index contributed by atoms with van der Waals surface area (Å²) in [6.07, 6.45) is -4.53. The van der Waals surface area contributed by atoms with E-state index >= 15 is 0 Å². The van der Waals surface area contributed by atoms with Crippen LogP contribution in [0.2, 0.25) is 0 Å². The first-order chi connectivity index (χ1) is 11.1. The number of nitrogens with two attached hydrogens (primary N) is 1. The number of alkyl halides is 3. The van der Waals surface area contributed by atoms with Crippen molar-refractivity contribution < 1.29 is 18.0 Å².